The number of carbonyl (C=O) groups is 1. The van der Waals surface area contributed by atoms with Gasteiger partial charge in [0.05, 0.1) is 6.61 Å². The molecule has 6 heteroatoms. The number of halogens is 1. The van der Waals surface area contributed by atoms with E-state index in [-0.39, 0.29) is 11.7 Å². The molecule has 1 fully saturated rings. The fourth-order valence-electron chi connectivity index (χ4n) is 3.00. The van der Waals surface area contributed by atoms with Gasteiger partial charge in [0.1, 0.15) is 11.6 Å². The number of amides is 1. The highest BCUT2D eigenvalue weighted by Gasteiger charge is 2.14. The lowest BCUT2D eigenvalue weighted by molar-refractivity contribution is -0.116. The van der Waals surface area contributed by atoms with Crippen LogP contribution in [0.4, 0.5) is 10.1 Å². The quantitative estimate of drug-likeness (QED) is 0.596. The molecule has 2 aromatic rings. The van der Waals surface area contributed by atoms with Gasteiger partial charge < -0.3 is 14.8 Å². The van der Waals surface area contributed by atoms with Crippen molar-refractivity contribution >= 4 is 23.4 Å². The van der Waals surface area contributed by atoms with Crippen LogP contribution in [0, 0.1) is 5.82 Å². The number of anilines is 1. The molecular weight excluding hydrogens is 377 g/mol. The molecular formula is C22H26FNO3S. The fraction of sp³-hybridized carbons (Fsp3) is 0.409. The highest BCUT2D eigenvalue weighted by atomic mass is 32.2. The fourth-order valence-corrected chi connectivity index (χ4v) is 4.13. The molecule has 1 saturated heterocycles. The second-order valence-electron chi connectivity index (χ2n) is 6.78. The maximum atomic E-state index is 13.1. The van der Waals surface area contributed by atoms with E-state index in [1.54, 1.807) is 12.1 Å². The lowest BCUT2D eigenvalue weighted by atomic mass is 10.2. The summed E-state index contributed by atoms with van der Waals surface area (Å²) in [4.78, 5) is 12.1. The van der Waals surface area contributed by atoms with E-state index in [9.17, 15) is 9.18 Å². The molecule has 1 N–H and O–H groups in total. The first-order valence-electron chi connectivity index (χ1n) is 9.65. The second kappa shape index (κ2) is 11.1. The van der Waals surface area contributed by atoms with Crippen LogP contribution in [-0.4, -0.2) is 31.0 Å². The number of hydrogen-bond donors (Lipinski definition) is 1. The predicted octanol–water partition coefficient (Wildman–Crippen LogP) is 5.04. The predicted molar refractivity (Wildman–Crippen MR) is 111 cm³/mol. The molecule has 2 aromatic carbocycles. The van der Waals surface area contributed by atoms with Crippen molar-refractivity contribution in [2.24, 2.45) is 0 Å². The molecule has 0 saturated carbocycles. The SMILES string of the molecule is O=C(CCCOc1cccc(F)c1)Nc1cccc(CSC2CCOCC2)c1. The summed E-state index contributed by atoms with van der Waals surface area (Å²) in [5.41, 5.74) is 2.03. The third-order valence-electron chi connectivity index (χ3n) is 4.48. The molecule has 28 heavy (non-hydrogen) atoms. The van der Waals surface area contributed by atoms with Crippen molar-refractivity contribution in [1.82, 2.24) is 0 Å². The average Bonchev–Trinajstić information content (AvgIpc) is 2.71. The van der Waals surface area contributed by atoms with Gasteiger partial charge in [-0.25, -0.2) is 4.39 Å². The number of thioether (sulfide) groups is 1. The van der Waals surface area contributed by atoms with Gasteiger partial charge in [-0.3, -0.25) is 4.79 Å². The van der Waals surface area contributed by atoms with Crippen LogP contribution in [0.5, 0.6) is 5.75 Å². The van der Waals surface area contributed by atoms with Gasteiger partial charge in [-0.05, 0) is 49.1 Å². The third kappa shape index (κ3) is 7.17. The summed E-state index contributed by atoms with van der Waals surface area (Å²) in [5, 5.41) is 3.60. The minimum absolute atomic E-state index is 0.0444. The zero-order valence-electron chi connectivity index (χ0n) is 15.9. The molecule has 0 aromatic heterocycles. The highest BCUT2D eigenvalue weighted by Crippen LogP contribution is 2.26. The van der Waals surface area contributed by atoms with E-state index in [1.165, 1.54) is 17.7 Å². The summed E-state index contributed by atoms with van der Waals surface area (Å²) >= 11 is 1.96. The Kier molecular flexibility index (Phi) is 8.18. The summed E-state index contributed by atoms with van der Waals surface area (Å²) in [7, 11) is 0. The first-order valence-corrected chi connectivity index (χ1v) is 10.7. The van der Waals surface area contributed by atoms with Crippen LogP contribution in [0.25, 0.3) is 0 Å². The number of rotatable bonds is 9. The number of hydrogen-bond acceptors (Lipinski definition) is 4. The van der Waals surface area contributed by atoms with E-state index in [1.807, 2.05) is 30.0 Å². The molecule has 150 valence electrons. The summed E-state index contributed by atoms with van der Waals surface area (Å²) in [6.07, 6.45) is 3.15. The molecule has 0 aliphatic carbocycles. The molecule has 1 amide bonds. The van der Waals surface area contributed by atoms with E-state index in [0.717, 1.165) is 37.5 Å². The standard InChI is InChI=1S/C22H26FNO3S/c23-18-5-2-7-20(15-18)27-11-3-8-22(25)24-19-6-1-4-17(14-19)16-28-21-9-12-26-13-10-21/h1-2,4-7,14-15,21H,3,8-13,16H2,(H,24,25). The maximum absolute atomic E-state index is 13.1. The van der Waals surface area contributed by atoms with Crippen molar-refractivity contribution in [2.45, 2.75) is 36.7 Å². The van der Waals surface area contributed by atoms with Crippen LogP contribution in [0.2, 0.25) is 0 Å². The lowest BCUT2D eigenvalue weighted by Gasteiger charge is -2.21. The minimum atomic E-state index is -0.329. The van der Waals surface area contributed by atoms with Crippen LogP contribution < -0.4 is 10.1 Å². The van der Waals surface area contributed by atoms with Crippen molar-refractivity contribution in [3.05, 3.63) is 59.9 Å². The lowest BCUT2D eigenvalue weighted by Crippen LogP contribution is -2.17. The topological polar surface area (TPSA) is 47.6 Å². The van der Waals surface area contributed by atoms with E-state index in [0.29, 0.717) is 30.4 Å². The van der Waals surface area contributed by atoms with Crippen LogP contribution in [0.15, 0.2) is 48.5 Å². The molecule has 3 rings (SSSR count). The first-order chi connectivity index (χ1) is 13.7. The van der Waals surface area contributed by atoms with Crippen molar-refractivity contribution in [2.75, 3.05) is 25.1 Å². The van der Waals surface area contributed by atoms with Crippen LogP contribution >= 0.6 is 11.8 Å². The summed E-state index contributed by atoms with van der Waals surface area (Å²) in [6.45, 7) is 2.09. The molecule has 0 radical (unpaired) electrons. The van der Waals surface area contributed by atoms with Crippen LogP contribution in [-0.2, 0) is 15.3 Å². The van der Waals surface area contributed by atoms with Gasteiger partial charge in [-0.2, -0.15) is 11.8 Å². The smallest absolute Gasteiger partial charge is 0.224 e. The molecule has 0 bridgehead atoms. The minimum Gasteiger partial charge on any atom is -0.493 e. The van der Waals surface area contributed by atoms with Crippen molar-refractivity contribution in [3.63, 3.8) is 0 Å². The Balaban J connectivity index is 1.37. The van der Waals surface area contributed by atoms with Gasteiger partial charge >= 0.3 is 0 Å². The molecule has 1 heterocycles. The number of carbonyl (C=O) groups excluding carboxylic acids is 1. The van der Waals surface area contributed by atoms with Crippen LogP contribution in [0.1, 0.15) is 31.2 Å². The van der Waals surface area contributed by atoms with Gasteiger partial charge in [0.15, 0.2) is 0 Å². The van der Waals surface area contributed by atoms with E-state index in [2.05, 4.69) is 11.4 Å². The molecule has 0 unspecified atom stereocenters. The number of nitrogens with one attached hydrogen (secondary N) is 1. The summed E-state index contributed by atoms with van der Waals surface area (Å²) < 4.78 is 24.0. The average molecular weight is 404 g/mol. The Bertz CT molecular complexity index is 765. The molecule has 4 nitrogen and oxygen atoms in total. The molecule has 0 spiro atoms. The van der Waals surface area contributed by atoms with E-state index in [4.69, 9.17) is 9.47 Å². The largest absolute Gasteiger partial charge is 0.493 e. The second-order valence-corrected chi connectivity index (χ2v) is 8.07. The van der Waals surface area contributed by atoms with Gasteiger partial charge in [0.25, 0.3) is 0 Å². The Morgan fingerprint density at radius 2 is 2.00 bits per heavy atom. The zero-order chi connectivity index (χ0) is 19.6. The highest BCUT2D eigenvalue weighted by molar-refractivity contribution is 7.99. The normalized spacial score (nSPS) is 14.6. The monoisotopic (exact) mass is 403 g/mol. The van der Waals surface area contributed by atoms with Crippen molar-refractivity contribution < 1.29 is 18.7 Å². The van der Waals surface area contributed by atoms with Gasteiger partial charge in [0, 0.05) is 42.4 Å². The summed E-state index contributed by atoms with van der Waals surface area (Å²) in [5.74, 6) is 1.05. The van der Waals surface area contributed by atoms with Crippen molar-refractivity contribution in [3.8, 4) is 5.75 Å². The van der Waals surface area contributed by atoms with Gasteiger partial charge in [-0.1, -0.05) is 18.2 Å². The molecule has 1 aliphatic heterocycles. The molecule has 0 atom stereocenters. The Morgan fingerprint density at radius 1 is 1.18 bits per heavy atom. The third-order valence-corrected chi connectivity index (χ3v) is 5.92. The van der Waals surface area contributed by atoms with Gasteiger partial charge in [-0.15, -0.1) is 0 Å². The number of benzene rings is 2. The Morgan fingerprint density at radius 3 is 2.82 bits per heavy atom. The first kappa shape index (κ1) is 20.7. The van der Waals surface area contributed by atoms with Crippen LogP contribution in [0.3, 0.4) is 0 Å². The Hall–Kier alpha value is -2.05. The number of ether oxygens (including phenoxy) is 2. The van der Waals surface area contributed by atoms with Gasteiger partial charge in [0.2, 0.25) is 5.91 Å². The zero-order valence-corrected chi connectivity index (χ0v) is 16.7. The Labute approximate surface area is 169 Å². The van der Waals surface area contributed by atoms with E-state index < -0.39 is 0 Å². The maximum Gasteiger partial charge on any atom is 0.224 e. The van der Waals surface area contributed by atoms with Crippen molar-refractivity contribution in [1.29, 1.82) is 0 Å². The van der Waals surface area contributed by atoms with E-state index >= 15 is 0 Å². The summed E-state index contributed by atoms with van der Waals surface area (Å²) in [6, 6.07) is 14.0. The molecule has 1 aliphatic rings.